The number of carbonyl (C=O) groups excluding carboxylic acids is 1. The van der Waals surface area contributed by atoms with E-state index in [9.17, 15) is 4.79 Å². The molecule has 6 heteroatoms. The van der Waals surface area contributed by atoms with E-state index < -0.39 is 0 Å². The van der Waals surface area contributed by atoms with Crippen LogP contribution in [0.25, 0.3) is 22.5 Å². The molecule has 0 N–H and O–H groups in total. The molecule has 2 aromatic carbocycles. The van der Waals surface area contributed by atoms with E-state index in [1.165, 1.54) is 0 Å². The van der Waals surface area contributed by atoms with Gasteiger partial charge in [-0.1, -0.05) is 61.5 Å². The highest BCUT2D eigenvalue weighted by Gasteiger charge is 2.29. The Labute approximate surface area is 177 Å². The average molecular weight is 405 g/mol. The Morgan fingerprint density at radius 2 is 1.73 bits per heavy atom. The normalized spacial score (nSPS) is 12.9. The quantitative estimate of drug-likeness (QED) is 0.608. The van der Waals surface area contributed by atoms with Crippen molar-refractivity contribution in [1.29, 1.82) is 0 Å². The number of fused-ring (bicyclic) bond motifs is 5. The van der Waals surface area contributed by atoms with Crippen molar-refractivity contribution in [3.63, 3.8) is 0 Å². The second-order valence-electron chi connectivity index (χ2n) is 8.38. The zero-order valence-corrected chi connectivity index (χ0v) is 18.0. The summed E-state index contributed by atoms with van der Waals surface area (Å²) >= 11 is 0. The summed E-state index contributed by atoms with van der Waals surface area (Å²) in [6, 6.07) is 16.1. The number of aromatic nitrogens is 3. The fourth-order valence-corrected chi connectivity index (χ4v) is 3.81. The van der Waals surface area contributed by atoms with Gasteiger partial charge >= 0.3 is 0 Å². The molecule has 6 nitrogen and oxygen atoms in total. The molecule has 30 heavy (non-hydrogen) atoms. The van der Waals surface area contributed by atoms with E-state index in [1.54, 1.807) is 4.68 Å². The minimum Gasteiger partial charge on any atom is -0.357 e. The molecule has 0 spiro atoms. The van der Waals surface area contributed by atoms with Gasteiger partial charge in [0.15, 0.2) is 0 Å². The first-order valence-corrected chi connectivity index (χ1v) is 10.5. The Hall–Kier alpha value is -2.99. The zero-order valence-electron chi connectivity index (χ0n) is 18.0. The highest BCUT2D eigenvalue weighted by Crippen LogP contribution is 2.41. The summed E-state index contributed by atoms with van der Waals surface area (Å²) in [6.45, 7) is 8.95. The van der Waals surface area contributed by atoms with Gasteiger partial charge in [-0.15, -0.1) is 5.10 Å². The molecule has 3 aromatic rings. The van der Waals surface area contributed by atoms with E-state index in [0.29, 0.717) is 19.7 Å². The van der Waals surface area contributed by atoms with Gasteiger partial charge in [0.05, 0.1) is 18.3 Å². The Kier molecular flexibility index (Phi) is 5.68. The summed E-state index contributed by atoms with van der Waals surface area (Å²) in [5.74, 6) is 0.403. The van der Waals surface area contributed by atoms with Gasteiger partial charge in [-0.2, -0.15) is 0 Å². The Bertz CT molecular complexity index is 1050. The molecular formula is C24H28N4O2. The van der Waals surface area contributed by atoms with Crippen LogP contribution in [0.4, 0.5) is 5.69 Å². The van der Waals surface area contributed by atoms with Crippen molar-refractivity contribution in [2.45, 2.75) is 53.5 Å². The van der Waals surface area contributed by atoms with Crippen LogP contribution in [-0.2, 0) is 22.8 Å². The minimum atomic E-state index is 0.0741. The lowest BCUT2D eigenvalue weighted by atomic mass is 9.95. The SMILES string of the molecule is CC(C)CC(=O)N1Cc2ccccc2-c2nnn(COC(C)C)c2-c2ccccc21. The Morgan fingerprint density at radius 3 is 2.47 bits per heavy atom. The number of para-hydroxylation sites is 1. The Morgan fingerprint density at radius 1 is 1.03 bits per heavy atom. The van der Waals surface area contributed by atoms with Crippen LogP contribution in [0.2, 0.25) is 0 Å². The molecule has 0 bridgehead atoms. The van der Waals surface area contributed by atoms with E-state index in [1.807, 2.05) is 55.1 Å². The van der Waals surface area contributed by atoms with Crippen molar-refractivity contribution in [3.8, 4) is 22.5 Å². The van der Waals surface area contributed by atoms with Crippen LogP contribution in [0, 0.1) is 5.92 Å². The molecule has 1 amide bonds. The summed E-state index contributed by atoms with van der Waals surface area (Å²) in [7, 11) is 0. The number of ether oxygens (including phenoxy) is 1. The van der Waals surface area contributed by atoms with Gasteiger partial charge in [-0.05, 0) is 31.4 Å². The fraction of sp³-hybridized carbons (Fsp3) is 0.375. The van der Waals surface area contributed by atoms with Crippen molar-refractivity contribution < 1.29 is 9.53 Å². The largest absolute Gasteiger partial charge is 0.357 e. The number of carbonyl (C=O) groups is 1. The molecule has 156 valence electrons. The summed E-state index contributed by atoms with van der Waals surface area (Å²) < 4.78 is 7.63. The average Bonchev–Trinajstić information content (AvgIpc) is 3.12. The van der Waals surface area contributed by atoms with E-state index in [0.717, 1.165) is 33.8 Å². The van der Waals surface area contributed by atoms with Crippen LogP contribution in [0.1, 0.15) is 39.7 Å². The third kappa shape index (κ3) is 3.87. The monoisotopic (exact) mass is 404 g/mol. The topological polar surface area (TPSA) is 60.2 Å². The molecule has 1 aromatic heterocycles. The van der Waals surface area contributed by atoms with E-state index in [-0.39, 0.29) is 17.9 Å². The van der Waals surface area contributed by atoms with Crippen LogP contribution in [0.3, 0.4) is 0 Å². The van der Waals surface area contributed by atoms with Crippen molar-refractivity contribution >= 4 is 11.6 Å². The third-order valence-corrected chi connectivity index (χ3v) is 5.20. The number of benzene rings is 2. The molecule has 0 saturated carbocycles. The van der Waals surface area contributed by atoms with Crippen LogP contribution in [0.5, 0.6) is 0 Å². The highest BCUT2D eigenvalue weighted by molar-refractivity contribution is 6.00. The first-order valence-electron chi connectivity index (χ1n) is 10.5. The van der Waals surface area contributed by atoms with Gasteiger partial charge in [-0.25, -0.2) is 4.68 Å². The lowest BCUT2D eigenvalue weighted by molar-refractivity contribution is -0.119. The first kappa shape index (κ1) is 20.3. The molecule has 0 fully saturated rings. The number of anilines is 1. The van der Waals surface area contributed by atoms with Crippen LogP contribution < -0.4 is 4.90 Å². The molecule has 4 rings (SSSR count). The van der Waals surface area contributed by atoms with E-state index >= 15 is 0 Å². The fourth-order valence-electron chi connectivity index (χ4n) is 3.81. The maximum atomic E-state index is 13.3. The molecule has 1 aliphatic heterocycles. The van der Waals surface area contributed by atoms with Crippen molar-refractivity contribution in [1.82, 2.24) is 15.0 Å². The smallest absolute Gasteiger partial charge is 0.227 e. The molecule has 0 radical (unpaired) electrons. The summed E-state index contributed by atoms with van der Waals surface area (Å²) in [4.78, 5) is 15.2. The van der Waals surface area contributed by atoms with Crippen molar-refractivity contribution in [2.24, 2.45) is 5.92 Å². The predicted octanol–water partition coefficient (Wildman–Crippen LogP) is 4.89. The lowest BCUT2D eigenvalue weighted by Crippen LogP contribution is -2.32. The maximum absolute atomic E-state index is 13.3. The molecule has 1 aliphatic rings. The number of amides is 1. The molecule has 0 unspecified atom stereocenters. The second-order valence-corrected chi connectivity index (χ2v) is 8.38. The van der Waals surface area contributed by atoms with Gasteiger partial charge in [0.25, 0.3) is 0 Å². The third-order valence-electron chi connectivity index (χ3n) is 5.20. The van der Waals surface area contributed by atoms with Gasteiger partial charge in [0, 0.05) is 17.5 Å². The second kappa shape index (κ2) is 8.40. The van der Waals surface area contributed by atoms with Crippen molar-refractivity contribution in [3.05, 3.63) is 54.1 Å². The molecular weight excluding hydrogens is 376 g/mol. The number of rotatable bonds is 5. The predicted molar refractivity (Wildman–Crippen MR) is 118 cm³/mol. The highest BCUT2D eigenvalue weighted by atomic mass is 16.5. The molecule has 0 saturated heterocycles. The van der Waals surface area contributed by atoms with E-state index in [2.05, 4.69) is 36.3 Å². The number of nitrogens with zero attached hydrogens (tertiary/aromatic N) is 4. The minimum absolute atomic E-state index is 0.0741. The van der Waals surface area contributed by atoms with Gasteiger partial charge in [-0.3, -0.25) is 4.79 Å². The maximum Gasteiger partial charge on any atom is 0.227 e. The van der Waals surface area contributed by atoms with Gasteiger partial charge in [0.2, 0.25) is 5.91 Å². The standard InChI is InChI=1S/C24H28N4O2/c1-16(2)13-22(29)27-14-18-9-5-6-10-19(18)23-24(20-11-7-8-12-21(20)27)28(26-25-23)15-30-17(3)4/h5-12,16-17H,13-15H2,1-4H3. The summed E-state index contributed by atoms with van der Waals surface area (Å²) in [5.41, 5.74) is 5.58. The molecule has 0 atom stereocenters. The number of hydrogen-bond acceptors (Lipinski definition) is 4. The Balaban J connectivity index is 1.93. The first-order chi connectivity index (χ1) is 14.5. The summed E-state index contributed by atoms with van der Waals surface area (Å²) in [5, 5.41) is 8.93. The van der Waals surface area contributed by atoms with Crippen LogP contribution >= 0.6 is 0 Å². The summed E-state index contributed by atoms with van der Waals surface area (Å²) in [6.07, 6.45) is 0.571. The van der Waals surface area contributed by atoms with Crippen LogP contribution in [0.15, 0.2) is 48.5 Å². The van der Waals surface area contributed by atoms with E-state index in [4.69, 9.17) is 4.74 Å². The molecule has 0 aliphatic carbocycles. The number of hydrogen-bond donors (Lipinski definition) is 0. The van der Waals surface area contributed by atoms with Gasteiger partial charge in [0.1, 0.15) is 18.1 Å². The van der Waals surface area contributed by atoms with Gasteiger partial charge < -0.3 is 9.64 Å². The van der Waals surface area contributed by atoms with Crippen molar-refractivity contribution in [2.75, 3.05) is 4.90 Å². The zero-order chi connectivity index (χ0) is 21.3. The van der Waals surface area contributed by atoms with Crippen LogP contribution in [-0.4, -0.2) is 27.0 Å². The molecule has 2 heterocycles. The lowest BCUT2D eigenvalue weighted by Gasteiger charge is -2.29.